The van der Waals surface area contributed by atoms with Gasteiger partial charge in [0.25, 0.3) is 0 Å². The second-order valence-electron chi connectivity index (χ2n) is 3.45. The molecule has 0 aromatic carbocycles. The summed E-state index contributed by atoms with van der Waals surface area (Å²) in [6, 6.07) is 0.116. The van der Waals surface area contributed by atoms with Crippen LogP contribution in [-0.4, -0.2) is 22.4 Å². The van der Waals surface area contributed by atoms with Crippen molar-refractivity contribution < 1.29 is 4.79 Å². The Balaban J connectivity index is 2.41. The molecule has 0 spiro atoms. The SMILES string of the molecule is CC1=C(C)N2C(=NC=C(C=O)C2C)S1. The highest BCUT2D eigenvalue weighted by Crippen LogP contribution is 2.38. The first kappa shape index (κ1) is 9.52. The van der Waals surface area contributed by atoms with Gasteiger partial charge in [0.15, 0.2) is 5.17 Å². The zero-order chi connectivity index (χ0) is 10.3. The maximum absolute atomic E-state index is 10.8. The summed E-state index contributed by atoms with van der Waals surface area (Å²) in [5.41, 5.74) is 1.94. The zero-order valence-electron chi connectivity index (χ0n) is 8.44. The Morgan fingerprint density at radius 1 is 1.57 bits per heavy atom. The maximum Gasteiger partial charge on any atom is 0.173 e. The number of hydrogen-bond donors (Lipinski definition) is 0. The summed E-state index contributed by atoms with van der Waals surface area (Å²) in [6.45, 7) is 6.17. The van der Waals surface area contributed by atoms with Crippen LogP contribution in [0.3, 0.4) is 0 Å². The van der Waals surface area contributed by atoms with Gasteiger partial charge >= 0.3 is 0 Å². The zero-order valence-corrected chi connectivity index (χ0v) is 9.26. The number of nitrogens with zero attached hydrogens (tertiary/aromatic N) is 2. The normalized spacial score (nSPS) is 25.9. The number of thioether (sulfide) groups is 1. The molecule has 1 atom stereocenters. The Kier molecular flexibility index (Phi) is 2.23. The summed E-state index contributed by atoms with van der Waals surface area (Å²) < 4.78 is 0. The molecule has 0 N–H and O–H groups in total. The quantitative estimate of drug-likeness (QED) is 0.619. The molecule has 0 amide bonds. The molecule has 0 aromatic rings. The average Bonchev–Trinajstić information content (AvgIpc) is 2.44. The van der Waals surface area contributed by atoms with Crippen molar-refractivity contribution in [1.29, 1.82) is 0 Å². The molecule has 14 heavy (non-hydrogen) atoms. The Hall–Kier alpha value is -1.03. The highest BCUT2D eigenvalue weighted by atomic mass is 32.2. The van der Waals surface area contributed by atoms with Gasteiger partial charge in [-0.25, -0.2) is 4.99 Å². The van der Waals surface area contributed by atoms with Gasteiger partial charge in [0, 0.05) is 22.4 Å². The molecular formula is C10H12N2OS. The van der Waals surface area contributed by atoms with E-state index in [1.807, 2.05) is 6.92 Å². The summed E-state index contributed by atoms with van der Waals surface area (Å²) in [6.07, 6.45) is 2.55. The van der Waals surface area contributed by atoms with Crippen LogP contribution < -0.4 is 0 Å². The van der Waals surface area contributed by atoms with E-state index in [2.05, 4.69) is 23.7 Å². The lowest BCUT2D eigenvalue weighted by atomic mass is 10.1. The molecule has 0 fully saturated rings. The second kappa shape index (κ2) is 3.28. The lowest BCUT2D eigenvalue weighted by molar-refractivity contribution is -0.105. The van der Waals surface area contributed by atoms with Gasteiger partial charge in [0.2, 0.25) is 0 Å². The Bertz CT molecular complexity index is 382. The van der Waals surface area contributed by atoms with Gasteiger partial charge in [0.1, 0.15) is 6.29 Å². The topological polar surface area (TPSA) is 32.7 Å². The first-order valence-electron chi connectivity index (χ1n) is 4.52. The van der Waals surface area contributed by atoms with Crippen molar-refractivity contribution in [2.24, 2.45) is 4.99 Å². The van der Waals surface area contributed by atoms with Gasteiger partial charge in [-0.3, -0.25) is 4.79 Å². The smallest absolute Gasteiger partial charge is 0.173 e. The molecule has 2 aliphatic heterocycles. The van der Waals surface area contributed by atoms with Crippen LogP contribution in [0.25, 0.3) is 0 Å². The van der Waals surface area contributed by atoms with Crippen LogP contribution in [0.4, 0.5) is 0 Å². The number of carbonyl (C=O) groups excluding carboxylic acids is 1. The van der Waals surface area contributed by atoms with Crippen molar-refractivity contribution in [3.05, 3.63) is 22.4 Å². The molecule has 0 aromatic heterocycles. The fraction of sp³-hybridized carbons (Fsp3) is 0.400. The molecule has 2 rings (SSSR count). The molecule has 0 bridgehead atoms. The van der Waals surface area contributed by atoms with Crippen molar-refractivity contribution in [2.45, 2.75) is 26.8 Å². The lowest BCUT2D eigenvalue weighted by Crippen LogP contribution is -2.36. The van der Waals surface area contributed by atoms with E-state index in [0.29, 0.717) is 0 Å². The van der Waals surface area contributed by atoms with Crippen LogP contribution in [-0.2, 0) is 4.79 Å². The van der Waals surface area contributed by atoms with Crippen LogP contribution >= 0.6 is 11.8 Å². The predicted molar refractivity (Wildman–Crippen MR) is 58.8 cm³/mol. The van der Waals surface area contributed by atoms with E-state index >= 15 is 0 Å². The fourth-order valence-electron chi connectivity index (χ4n) is 1.63. The number of amidine groups is 1. The van der Waals surface area contributed by atoms with Crippen LogP contribution in [0.15, 0.2) is 27.4 Å². The summed E-state index contributed by atoms with van der Waals surface area (Å²) in [5.74, 6) is 0. The maximum atomic E-state index is 10.8. The van der Waals surface area contributed by atoms with E-state index in [0.717, 1.165) is 17.0 Å². The largest absolute Gasteiger partial charge is 0.317 e. The van der Waals surface area contributed by atoms with E-state index in [4.69, 9.17) is 0 Å². The summed E-state index contributed by atoms with van der Waals surface area (Å²) in [7, 11) is 0. The first-order valence-corrected chi connectivity index (χ1v) is 5.34. The summed E-state index contributed by atoms with van der Waals surface area (Å²) in [5, 5.41) is 0.984. The van der Waals surface area contributed by atoms with E-state index in [9.17, 15) is 4.79 Å². The van der Waals surface area contributed by atoms with Gasteiger partial charge in [-0.15, -0.1) is 0 Å². The molecule has 0 radical (unpaired) electrons. The monoisotopic (exact) mass is 208 g/mol. The number of hydrogen-bond acceptors (Lipinski definition) is 4. The van der Waals surface area contributed by atoms with Gasteiger partial charge in [-0.1, -0.05) is 11.8 Å². The van der Waals surface area contributed by atoms with Gasteiger partial charge < -0.3 is 4.90 Å². The van der Waals surface area contributed by atoms with Crippen LogP contribution in [0.1, 0.15) is 20.8 Å². The molecule has 0 saturated carbocycles. The van der Waals surface area contributed by atoms with Gasteiger partial charge in [0.05, 0.1) is 6.04 Å². The van der Waals surface area contributed by atoms with Crippen LogP contribution in [0.2, 0.25) is 0 Å². The number of rotatable bonds is 1. The van der Waals surface area contributed by atoms with E-state index in [1.54, 1.807) is 18.0 Å². The van der Waals surface area contributed by atoms with Gasteiger partial charge in [-0.05, 0) is 20.8 Å². The van der Waals surface area contributed by atoms with E-state index in [1.165, 1.54) is 10.6 Å². The third-order valence-corrected chi connectivity index (χ3v) is 3.74. The predicted octanol–water partition coefficient (Wildman–Crippen LogP) is 2.13. The molecule has 74 valence electrons. The average molecular weight is 208 g/mol. The van der Waals surface area contributed by atoms with E-state index < -0.39 is 0 Å². The first-order chi connectivity index (χ1) is 6.65. The lowest BCUT2D eigenvalue weighted by Gasteiger charge is -2.29. The van der Waals surface area contributed by atoms with Crippen molar-refractivity contribution in [3.8, 4) is 0 Å². The number of carbonyl (C=O) groups is 1. The molecule has 0 saturated heterocycles. The standard InChI is InChI=1S/C10H12N2OS/c1-6-8(3)14-10-11-4-9(5-13)7(2)12(6)10/h4-5,7H,1-3H3. The van der Waals surface area contributed by atoms with Crippen LogP contribution in [0, 0.1) is 0 Å². The van der Waals surface area contributed by atoms with Gasteiger partial charge in [-0.2, -0.15) is 0 Å². The fourth-order valence-corrected chi connectivity index (χ4v) is 2.65. The van der Waals surface area contributed by atoms with Crippen molar-refractivity contribution in [3.63, 3.8) is 0 Å². The molecule has 1 unspecified atom stereocenters. The minimum Gasteiger partial charge on any atom is -0.317 e. The van der Waals surface area contributed by atoms with Crippen LogP contribution in [0.5, 0.6) is 0 Å². The summed E-state index contributed by atoms with van der Waals surface area (Å²) >= 11 is 1.67. The third kappa shape index (κ3) is 1.21. The molecule has 4 heteroatoms. The second-order valence-corrected chi connectivity index (χ2v) is 4.63. The molecule has 2 heterocycles. The molecule has 2 aliphatic rings. The summed E-state index contributed by atoms with van der Waals surface area (Å²) in [4.78, 5) is 18.4. The Morgan fingerprint density at radius 2 is 2.29 bits per heavy atom. The molecular weight excluding hydrogens is 196 g/mol. The number of allylic oxidation sites excluding steroid dienone is 2. The minimum absolute atomic E-state index is 0.116. The highest BCUT2D eigenvalue weighted by molar-refractivity contribution is 8.17. The molecule has 3 nitrogen and oxygen atoms in total. The number of fused-ring (bicyclic) bond motifs is 1. The van der Waals surface area contributed by atoms with Crippen molar-refractivity contribution in [1.82, 2.24) is 4.90 Å². The number of aliphatic imine (C=N–C) groups is 1. The highest BCUT2D eigenvalue weighted by Gasteiger charge is 2.32. The third-order valence-electron chi connectivity index (χ3n) is 2.65. The van der Waals surface area contributed by atoms with E-state index in [-0.39, 0.29) is 6.04 Å². The van der Waals surface area contributed by atoms with Crippen molar-refractivity contribution >= 4 is 23.2 Å². The van der Waals surface area contributed by atoms with Crippen molar-refractivity contribution in [2.75, 3.05) is 0 Å². The minimum atomic E-state index is 0.116. The molecule has 0 aliphatic carbocycles. The Morgan fingerprint density at radius 3 is 2.93 bits per heavy atom. The Labute approximate surface area is 87.6 Å². The number of aldehydes is 1.